The molecule has 1 aliphatic heterocycles. The van der Waals surface area contributed by atoms with Gasteiger partial charge in [0.2, 0.25) is 0 Å². The molecule has 2 aromatic rings. The predicted octanol–water partition coefficient (Wildman–Crippen LogP) is 3.30. The molecule has 1 aromatic heterocycles. The summed E-state index contributed by atoms with van der Waals surface area (Å²) in [6, 6.07) is 7.55. The molecule has 3 amide bonds. The summed E-state index contributed by atoms with van der Waals surface area (Å²) in [5.41, 5.74) is -0.925. The summed E-state index contributed by atoms with van der Waals surface area (Å²) in [6.45, 7) is 4.57. The van der Waals surface area contributed by atoms with E-state index in [0.717, 1.165) is 11.3 Å². The van der Waals surface area contributed by atoms with Gasteiger partial charge in [0.15, 0.2) is 0 Å². The van der Waals surface area contributed by atoms with Gasteiger partial charge in [-0.1, -0.05) is 13.0 Å². The Morgan fingerprint density at radius 2 is 2.03 bits per heavy atom. The van der Waals surface area contributed by atoms with Crippen LogP contribution in [0.2, 0.25) is 0 Å². The molecule has 1 fully saturated rings. The molecule has 156 valence electrons. The number of aliphatic hydroxyl groups is 1. The summed E-state index contributed by atoms with van der Waals surface area (Å²) in [5.74, 6) is -0.853. The van der Waals surface area contributed by atoms with Gasteiger partial charge in [-0.05, 0) is 55.5 Å². The fraction of sp³-hybridized carbons (Fsp3) is 0.429. The van der Waals surface area contributed by atoms with Crippen LogP contribution in [0, 0.1) is 5.82 Å². The summed E-state index contributed by atoms with van der Waals surface area (Å²) in [7, 11) is 0. The number of hydrogen-bond acceptors (Lipinski definition) is 4. The molecule has 0 saturated carbocycles. The Kier molecular flexibility index (Phi) is 6.54. The van der Waals surface area contributed by atoms with E-state index in [4.69, 9.17) is 0 Å². The van der Waals surface area contributed by atoms with Crippen molar-refractivity contribution in [2.45, 2.75) is 44.4 Å². The summed E-state index contributed by atoms with van der Waals surface area (Å²) < 4.78 is 13.2. The lowest BCUT2D eigenvalue weighted by atomic mass is 9.81. The van der Waals surface area contributed by atoms with Gasteiger partial charge in [-0.2, -0.15) is 0 Å². The van der Waals surface area contributed by atoms with Crippen molar-refractivity contribution < 1.29 is 19.1 Å². The van der Waals surface area contributed by atoms with Crippen LogP contribution in [-0.4, -0.2) is 46.7 Å². The Bertz CT molecular complexity index is 839. The fourth-order valence-corrected chi connectivity index (χ4v) is 4.43. The molecule has 1 saturated heterocycles. The van der Waals surface area contributed by atoms with E-state index in [-0.39, 0.29) is 6.03 Å². The highest BCUT2D eigenvalue weighted by Crippen LogP contribution is 2.39. The van der Waals surface area contributed by atoms with E-state index >= 15 is 0 Å². The van der Waals surface area contributed by atoms with Crippen LogP contribution in [0.5, 0.6) is 0 Å². The molecule has 0 aliphatic carbocycles. The highest BCUT2D eigenvalue weighted by atomic mass is 32.1. The summed E-state index contributed by atoms with van der Waals surface area (Å²) in [5, 5.41) is 18.8. The maximum atomic E-state index is 13.2. The minimum Gasteiger partial charge on any atom is -0.388 e. The number of hydrogen-bond donors (Lipinski definition) is 3. The molecule has 0 unspecified atom stereocenters. The van der Waals surface area contributed by atoms with Gasteiger partial charge < -0.3 is 20.6 Å². The first kappa shape index (κ1) is 21.3. The van der Waals surface area contributed by atoms with Crippen molar-refractivity contribution >= 4 is 23.3 Å². The zero-order chi connectivity index (χ0) is 21.0. The SMILES string of the molecule is CCCNC(=O)N1CC[C@@](C)(O)[C@@H](NC(=O)c2ccc(F)cc2)[C@@H]1c1cccs1. The Morgan fingerprint density at radius 3 is 2.66 bits per heavy atom. The number of likely N-dealkylation sites (tertiary alicyclic amines) is 1. The molecular weight excluding hydrogens is 393 g/mol. The first-order valence-electron chi connectivity index (χ1n) is 9.70. The van der Waals surface area contributed by atoms with E-state index in [1.807, 2.05) is 24.4 Å². The molecule has 1 aromatic carbocycles. The van der Waals surface area contributed by atoms with Crippen LogP contribution in [0.25, 0.3) is 0 Å². The first-order valence-corrected chi connectivity index (χ1v) is 10.6. The lowest BCUT2D eigenvalue weighted by Crippen LogP contribution is -2.64. The minimum atomic E-state index is -1.22. The maximum Gasteiger partial charge on any atom is 0.318 e. The third-order valence-electron chi connectivity index (χ3n) is 5.20. The molecule has 3 rings (SSSR count). The van der Waals surface area contributed by atoms with Crippen LogP contribution in [0.4, 0.5) is 9.18 Å². The lowest BCUT2D eigenvalue weighted by molar-refractivity contribution is -0.0503. The molecule has 3 atom stereocenters. The van der Waals surface area contributed by atoms with Gasteiger partial charge in [0.1, 0.15) is 5.82 Å². The number of halogens is 1. The lowest BCUT2D eigenvalue weighted by Gasteiger charge is -2.48. The highest BCUT2D eigenvalue weighted by Gasteiger charge is 2.48. The van der Waals surface area contributed by atoms with Crippen LogP contribution >= 0.6 is 11.3 Å². The van der Waals surface area contributed by atoms with Crippen LogP contribution < -0.4 is 10.6 Å². The molecule has 1 aliphatic rings. The standard InChI is InChI=1S/C21H26FN3O3S/c1-3-11-23-20(27)25-12-10-21(2,28)18(17(25)16-5-4-13-29-16)24-19(26)14-6-8-15(22)9-7-14/h4-9,13,17-18,28H,3,10-12H2,1-2H3,(H,23,27)(H,24,26)/t17-,18-,21+/m0/s1. The van der Waals surface area contributed by atoms with E-state index in [2.05, 4.69) is 10.6 Å². The number of nitrogens with zero attached hydrogens (tertiary/aromatic N) is 1. The molecule has 0 bridgehead atoms. The topological polar surface area (TPSA) is 81.7 Å². The second kappa shape index (κ2) is 8.92. The number of amides is 3. The van der Waals surface area contributed by atoms with E-state index in [1.165, 1.54) is 35.6 Å². The number of urea groups is 1. The number of piperidine rings is 1. The number of thiophene rings is 1. The summed E-state index contributed by atoms with van der Waals surface area (Å²) in [4.78, 5) is 28.2. The van der Waals surface area contributed by atoms with Crippen LogP contribution in [0.15, 0.2) is 41.8 Å². The molecule has 29 heavy (non-hydrogen) atoms. The van der Waals surface area contributed by atoms with Gasteiger partial charge in [0, 0.05) is 23.5 Å². The van der Waals surface area contributed by atoms with E-state index in [9.17, 15) is 19.1 Å². The second-order valence-corrected chi connectivity index (χ2v) is 8.43. The Hall–Kier alpha value is -2.45. The normalized spacial score (nSPS) is 24.2. The van der Waals surface area contributed by atoms with E-state index in [1.54, 1.807) is 11.8 Å². The zero-order valence-electron chi connectivity index (χ0n) is 16.5. The number of rotatable bonds is 5. The third-order valence-corrected chi connectivity index (χ3v) is 6.14. The van der Waals surface area contributed by atoms with Gasteiger partial charge in [-0.3, -0.25) is 4.79 Å². The van der Waals surface area contributed by atoms with Gasteiger partial charge in [0.25, 0.3) is 5.91 Å². The number of nitrogens with one attached hydrogen (secondary N) is 2. The molecule has 2 heterocycles. The highest BCUT2D eigenvalue weighted by molar-refractivity contribution is 7.10. The zero-order valence-corrected chi connectivity index (χ0v) is 17.3. The molecule has 3 N–H and O–H groups in total. The third kappa shape index (κ3) is 4.76. The van der Waals surface area contributed by atoms with Crippen molar-refractivity contribution in [1.82, 2.24) is 15.5 Å². The van der Waals surface area contributed by atoms with Gasteiger partial charge in [-0.15, -0.1) is 11.3 Å². The van der Waals surface area contributed by atoms with Crippen LogP contribution in [0.3, 0.4) is 0 Å². The van der Waals surface area contributed by atoms with Crippen LogP contribution in [0.1, 0.15) is 48.0 Å². The van der Waals surface area contributed by atoms with Gasteiger partial charge in [-0.25, -0.2) is 9.18 Å². The average molecular weight is 420 g/mol. The van der Waals surface area contributed by atoms with Crippen molar-refractivity contribution in [3.63, 3.8) is 0 Å². The van der Waals surface area contributed by atoms with Crippen molar-refractivity contribution in [3.05, 3.63) is 58.0 Å². The molecular formula is C21H26FN3O3S. The quantitative estimate of drug-likeness (QED) is 0.696. The van der Waals surface area contributed by atoms with Gasteiger partial charge >= 0.3 is 6.03 Å². The maximum absolute atomic E-state index is 13.2. The Balaban J connectivity index is 1.92. The number of carbonyl (C=O) groups is 2. The van der Waals surface area contributed by atoms with Crippen LogP contribution in [-0.2, 0) is 0 Å². The monoisotopic (exact) mass is 419 g/mol. The average Bonchev–Trinajstić information content (AvgIpc) is 3.22. The van der Waals surface area contributed by atoms with Crippen molar-refractivity contribution in [3.8, 4) is 0 Å². The molecule has 0 radical (unpaired) electrons. The Morgan fingerprint density at radius 1 is 1.31 bits per heavy atom. The van der Waals surface area contributed by atoms with Crippen molar-refractivity contribution in [1.29, 1.82) is 0 Å². The molecule has 8 heteroatoms. The molecule has 6 nitrogen and oxygen atoms in total. The Labute approximate surface area is 173 Å². The summed E-state index contributed by atoms with van der Waals surface area (Å²) in [6.07, 6.45) is 1.13. The van der Waals surface area contributed by atoms with E-state index in [0.29, 0.717) is 25.1 Å². The summed E-state index contributed by atoms with van der Waals surface area (Å²) >= 11 is 1.47. The molecule has 0 spiro atoms. The minimum absolute atomic E-state index is 0.221. The predicted molar refractivity (Wildman–Crippen MR) is 110 cm³/mol. The number of carbonyl (C=O) groups excluding carboxylic acids is 2. The number of benzene rings is 1. The second-order valence-electron chi connectivity index (χ2n) is 7.45. The largest absolute Gasteiger partial charge is 0.388 e. The first-order chi connectivity index (χ1) is 13.8. The van der Waals surface area contributed by atoms with E-state index < -0.39 is 29.4 Å². The smallest absolute Gasteiger partial charge is 0.318 e. The van der Waals surface area contributed by atoms with Crippen molar-refractivity contribution in [2.75, 3.05) is 13.1 Å². The van der Waals surface area contributed by atoms with Gasteiger partial charge in [0.05, 0.1) is 17.7 Å². The van der Waals surface area contributed by atoms with Crippen molar-refractivity contribution in [2.24, 2.45) is 0 Å². The fourth-order valence-electron chi connectivity index (χ4n) is 3.56.